The Morgan fingerprint density at radius 2 is 2.08 bits per heavy atom. The van der Waals surface area contributed by atoms with Crippen LogP contribution in [-0.2, 0) is 28.1 Å². The number of carbonyl (C=O) groups excluding carboxylic acids is 3. The van der Waals surface area contributed by atoms with E-state index in [9.17, 15) is 14.4 Å². The van der Waals surface area contributed by atoms with Gasteiger partial charge in [0.1, 0.15) is 17.8 Å². The predicted octanol–water partition coefficient (Wildman–Crippen LogP) is 1.29. The lowest BCUT2D eigenvalue weighted by Gasteiger charge is -2.22. The zero-order valence-electron chi connectivity index (χ0n) is 13.5. The van der Waals surface area contributed by atoms with Crippen LogP contribution in [0.3, 0.4) is 0 Å². The second-order valence-corrected chi connectivity index (χ2v) is 6.24. The van der Waals surface area contributed by atoms with E-state index in [1.165, 1.54) is 6.26 Å². The van der Waals surface area contributed by atoms with Crippen molar-refractivity contribution in [3.05, 3.63) is 59.5 Å². The maximum Gasteiger partial charge on any atom is 0.325 e. The molecule has 1 atom stereocenters. The van der Waals surface area contributed by atoms with Gasteiger partial charge in [0.15, 0.2) is 0 Å². The van der Waals surface area contributed by atoms with Crippen LogP contribution in [0.5, 0.6) is 0 Å². The summed E-state index contributed by atoms with van der Waals surface area (Å²) in [6.07, 6.45) is 2.75. The normalized spacial score (nSPS) is 21.5. The molecular weight excluding hydrogens is 322 g/mol. The summed E-state index contributed by atoms with van der Waals surface area (Å²) >= 11 is 0. The second-order valence-electron chi connectivity index (χ2n) is 6.24. The van der Waals surface area contributed by atoms with Crippen molar-refractivity contribution >= 4 is 17.8 Å². The van der Waals surface area contributed by atoms with Crippen molar-refractivity contribution in [1.29, 1.82) is 0 Å². The molecule has 0 bridgehead atoms. The van der Waals surface area contributed by atoms with Gasteiger partial charge in [0.05, 0.1) is 12.8 Å². The van der Waals surface area contributed by atoms with Crippen molar-refractivity contribution in [1.82, 2.24) is 15.5 Å². The molecule has 25 heavy (non-hydrogen) atoms. The summed E-state index contributed by atoms with van der Waals surface area (Å²) < 4.78 is 5.14. The van der Waals surface area contributed by atoms with Gasteiger partial charge in [0.2, 0.25) is 5.91 Å². The molecule has 1 aromatic heterocycles. The van der Waals surface area contributed by atoms with E-state index in [4.69, 9.17) is 4.42 Å². The number of furan rings is 1. The lowest BCUT2D eigenvalue weighted by molar-refractivity contribution is -0.135. The number of benzene rings is 1. The Morgan fingerprint density at radius 3 is 2.88 bits per heavy atom. The van der Waals surface area contributed by atoms with Gasteiger partial charge in [-0.3, -0.25) is 14.5 Å². The van der Waals surface area contributed by atoms with E-state index in [1.807, 2.05) is 24.3 Å². The average Bonchev–Trinajstić information content (AvgIpc) is 3.31. The molecule has 1 spiro atoms. The number of hydrogen-bond acceptors (Lipinski definition) is 4. The van der Waals surface area contributed by atoms with Crippen LogP contribution in [0, 0.1) is 0 Å². The first-order valence-electron chi connectivity index (χ1n) is 8.12. The van der Waals surface area contributed by atoms with Crippen molar-refractivity contribution < 1.29 is 18.8 Å². The summed E-state index contributed by atoms with van der Waals surface area (Å²) in [6.45, 7) is -0.0985. The van der Waals surface area contributed by atoms with Gasteiger partial charge in [0.25, 0.3) is 5.91 Å². The van der Waals surface area contributed by atoms with Crippen LogP contribution in [0.15, 0.2) is 47.1 Å². The summed E-state index contributed by atoms with van der Waals surface area (Å²) in [5.41, 5.74) is 0.849. The molecule has 4 rings (SSSR count). The molecule has 7 nitrogen and oxygen atoms in total. The maximum absolute atomic E-state index is 12.9. The molecule has 4 amide bonds. The molecular formula is C18H17N3O4. The summed E-state index contributed by atoms with van der Waals surface area (Å²) in [5, 5.41) is 5.44. The molecule has 7 heteroatoms. The van der Waals surface area contributed by atoms with Gasteiger partial charge in [-0.2, -0.15) is 0 Å². The molecule has 1 aliphatic heterocycles. The average molecular weight is 339 g/mol. The lowest BCUT2D eigenvalue weighted by Crippen LogP contribution is -2.43. The second kappa shape index (κ2) is 5.77. The summed E-state index contributed by atoms with van der Waals surface area (Å²) in [6, 6.07) is 10.5. The monoisotopic (exact) mass is 339 g/mol. The fourth-order valence-electron chi connectivity index (χ4n) is 3.53. The Hall–Kier alpha value is -3.09. The highest BCUT2D eigenvalue weighted by Gasteiger charge is 2.55. The highest BCUT2D eigenvalue weighted by atomic mass is 16.3. The number of aryl methyl sites for hydroxylation is 1. The SMILES string of the molecule is O=C(CN1C(=O)N[C@@]2(CCc3ccccc32)C1=O)NCc1ccco1. The highest BCUT2D eigenvalue weighted by Crippen LogP contribution is 2.41. The minimum atomic E-state index is -1.03. The third-order valence-electron chi connectivity index (χ3n) is 4.76. The summed E-state index contributed by atoms with van der Waals surface area (Å²) in [4.78, 5) is 38.3. The molecule has 0 radical (unpaired) electrons. The van der Waals surface area contributed by atoms with Gasteiger partial charge in [-0.05, 0) is 36.1 Å². The van der Waals surface area contributed by atoms with Crippen LogP contribution < -0.4 is 10.6 Å². The van der Waals surface area contributed by atoms with E-state index < -0.39 is 17.5 Å². The van der Waals surface area contributed by atoms with Crippen molar-refractivity contribution in [2.24, 2.45) is 0 Å². The van der Waals surface area contributed by atoms with Crippen LogP contribution in [-0.4, -0.2) is 29.3 Å². The number of imide groups is 1. The predicted molar refractivity (Wildman–Crippen MR) is 87.2 cm³/mol. The Balaban J connectivity index is 1.48. The van der Waals surface area contributed by atoms with Crippen LogP contribution in [0.1, 0.15) is 23.3 Å². The van der Waals surface area contributed by atoms with Crippen molar-refractivity contribution in [3.63, 3.8) is 0 Å². The molecule has 2 aromatic rings. The number of nitrogens with zero attached hydrogens (tertiary/aromatic N) is 1. The molecule has 1 fully saturated rings. The van der Waals surface area contributed by atoms with Gasteiger partial charge < -0.3 is 15.1 Å². The fourth-order valence-corrected chi connectivity index (χ4v) is 3.53. The molecule has 2 N–H and O–H groups in total. The molecule has 2 aliphatic rings. The third-order valence-corrected chi connectivity index (χ3v) is 4.76. The van der Waals surface area contributed by atoms with Crippen molar-refractivity contribution in [2.75, 3.05) is 6.54 Å². The van der Waals surface area contributed by atoms with E-state index in [2.05, 4.69) is 10.6 Å². The highest BCUT2D eigenvalue weighted by molar-refractivity contribution is 6.09. The zero-order valence-corrected chi connectivity index (χ0v) is 13.5. The molecule has 2 heterocycles. The molecule has 128 valence electrons. The van der Waals surface area contributed by atoms with E-state index in [1.54, 1.807) is 12.1 Å². The number of hydrogen-bond donors (Lipinski definition) is 2. The van der Waals surface area contributed by atoms with E-state index in [0.29, 0.717) is 12.2 Å². The van der Waals surface area contributed by atoms with E-state index in [0.717, 1.165) is 22.4 Å². The lowest BCUT2D eigenvalue weighted by atomic mass is 9.92. The van der Waals surface area contributed by atoms with Crippen LogP contribution in [0.2, 0.25) is 0 Å². The Morgan fingerprint density at radius 1 is 1.24 bits per heavy atom. The molecule has 0 unspecified atom stereocenters. The van der Waals surface area contributed by atoms with Crippen molar-refractivity contribution in [3.8, 4) is 0 Å². The summed E-state index contributed by atoms with van der Waals surface area (Å²) in [5.74, 6) is -0.175. The molecule has 0 saturated carbocycles. The molecule has 1 aliphatic carbocycles. The fraction of sp³-hybridized carbons (Fsp3) is 0.278. The largest absolute Gasteiger partial charge is 0.467 e. The third kappa shape index (κ3) is 2.48. The topological polar surface area (TPSA) is 91.7 Å². The first kappa shape index (κ1) is 15.4. The number of urea groups is 1. The number of amides is 4. The minimum Gasteiger partial charge on any atom is -0.467 e. The van der Waals surface area contributed by atoms with Crippen molar-refractivity contribution in [2.45, 2.75) is 24.9 Å². The van der Waals surface area contributed by atoms with Gasteiger partial charge in [-0.1, -0.05) is 24.3 Å². The van der Waals surface area contributed by atoms with Crippen LogP contribution >= 0.6 is 0 Å². The van der Waals surface area contributed by atoms with Crippen LogP contribution in [0.4, 0.5) is 4.79 Å². The molecule has 1 saturated heterocycles. The smallest absolute Gasteiger partial charge is 0.325 e. The number of rotatable bonds is 4. The van der Waals surface area contributed by atoms with Gasteiger partial charge in [0, 0.05) is 0 Å². The number of nitrogens with one attached hydrogen (secondary N) is 2. The minimum absolute atomic E-state index is 0.212. The number of carbonyl (C=O) groups is 3. The first-order valence-corrected chi connectivity index (χ1v) is 8.12. The first-order chi connectivity index (χ1) is 12.1. The van der Waals surface area contributed by atoms with Gasteiger partial charge in [-0.25, -0.2) is 4.79 Å². The maximum atomic E-state index is 12.9. The number of fused-ring (bicyclic) bond motifs is 2. The zero-order chi connectivity index (χ0) is 17.4. The van der Waals surface area contributed by atoms with E-state index in [-0.39, 0.29) is 19.0 Å². The van der Waals surface area contributed by atoms with Gasteiger partial charge >= 0.3 is 6.03 Å². The molecule has 1 aromatic carbocycles. The standard InChI is InChI=1S/C18H17N3O4/c22-15(19-10-13-5-3-9-25-13)11-21-16(23)18(20-17(21)24)8-7-12-4-1-2-6-14(12)18/h1-6,9H,7-8,10-11H2,(H,19,22)(H,20,24)/t18-/m1/s1. The Bertz CT molecular complexity index is 846. The quantitative estimate of drug-likeness (QED) is 0.821. The Labute approximate surface area is 144 Å². The summed E-state index contributed by atoms with van der Waals surface area (Å²) in [7, 11) is 0. The van der Waals surface area contributed by atoms with Gasteiger partial charge in [-0.15, -0.1) is 0 Å². The Kier molecular flexibility index (Phi) is 3.56. The van der Waals surface area contributed by atoms with Crippen LogP contribution in [0.25, 0.3) is 0 Å². The van der Waals surface area contributed by atoms with E-state index >= 15 is 0 Å².